The predicted octanol–water partition coefficient (Wildman–Crippen LogP) is 1.63. The number of nitrogens with one attached hydrogen (secondary N) is 2. The Balaban J connectivity index is 1.90. The van der Waals surface area contributed by atoms with E-state index in [-0.39, 0.29) is 11.4 Å². The van der Waals surface area contributed by atoms with Gasteiger partial charge in [0.25, 0.3) is 5.91 Å². The van der Waals surface area contributed by atoms with E-state index in [2.05, 4.69) is 10.0 Å². The minimum atomic E-state index is -3.97. The van der Waals surface area contributed by atoms with Gasteiger partial charge in [0, 0.05) is 6.54 Å². The molecule has 0 saturated heterocycles. The van der Waals surface area contributed by atoms with Gasteiger partial charge >= 0.3 is 5.97 Å². The van der Waals surface area contributed by atoms with E-state index >= 15 is 0 Å². The Morgan fingerprint density at radius 1 is 0.909 bits per heavy atom. The van der Waals surface area contributed by atoms with Crippen LogP contribution in [-0.2, 0) is 30.9 Å². The molecule has 2 atom stereocenters. The zero-order chi connectivity index (χ0) is 24.6. The van der Waals surface area contributed by atoms with E-state index in [1.807, 2.05) is 0 Å². The number of rotatable bonds is 11. The highest BCUT2D eigenvalue weighted by Gasteiger charge is 2.26. The fraction of sp³-hybridized carbons (Fsp3) is 0.364. The van der Waals surface area contributed by atoms with E-state index in [9.17, 15) is 18.0 Å². The summed E-state index contributed by atoms with van der Waals surface area (Å²) in [5.74, 6) is 0.140. The summed E-state index contributed by atoms with van der Waals surface area (Å²) in [6.45, 7) is 2.89. The van der Waals surface area contributed by atoms with Gasteiger partial charge < -0.3 is 24.3 Å². The molecule has 2 N–H and O–H groups in total. The van der Waals surface area contributed by atoms with Crippen molar-refractivity contribution in [2.24, 2.45) is 0 Å². The summed E-state index contributed by atoms with van der Waals surface area (Å²) in [5.41, 5.74) is 0.750. The van der Waals surface area contributed by atoms with E-state index in [4.69, 9.17) is 18.9 Å². The number of hydrogen-bond donors (Lipinski definition) is 2. The van der Waals surface area contributed by atoms with Gasteiger partial charge in [-0.2, -0.15) is 4.72 Å². The second-order valence-corrected chi connectivity index (χ2v) is 8.72. The first-order chi connectivity index (χ1) is 15.6. The third kappa shape index (κ3) is 7.09. The molecular weight excluding hydrogens is 452 g/mol. The number of carbonyl (C=O) groups excluding carboxylic acids is 2. The molecule has 0 aliphatic heterocycles. The van der Waals surface area contributed by atoms with Crippen molar-refractivity contribution in [3.63, 3.8) is 0 Å². The van der Waals surface area contributed by atoms with Crippen molar-refractivity contribution in [3.8, 4) is 17.2 Å². The van der Waals surface area contributed by atoms with Crippen molar-refractivity contribution in [3.05, 3.63) is 48.0 Å². The maximum absolute atomic E-state index is 12.5. The largest absolute Gasteiger partial charge is 0.497 e. The fourth-order valence-electron chi connectivity index (χ4n) is 2.76. The number of amides is 1. The molecular formula is C22H28N2O8S. The van der Waals surface area contributed by atoms with Gasteiger partial charge in [0.1, 0.15) is 11.8 Å². The predicted molar refractivity (Wildman–Crippen MR) is 120 cm³/mol. The van der Waals surface area contributed by atoms with Crippen LogP contribution in [0.3, 0.4) is 0 Å². The summed E-state index contributed by atoms with van der Waals surface area (Å²) in [6.07, 6.45) is -1.13. The molecule has 11 heteroatoms. The average molecular weight is 481 g/mol. The van der Waals surface area contributed by atoms with Crippen LogP contribution in [0.2, 0.25) is 0 Å². The van der Waals surface area contributed by atoms with Crippen molar-refractivity contribution in [2.75, 3.05) is 21.3 Å². The van der Waals surface area contributed by atoms with E-state index in [1.54, 1.807) is 18.2 Å². The second kappa shape index (κ2) is 11.5. The molecule has 2 aromatic carbocycles. The van der Waals surface area contributed by atoms with Gasteiger partial charge in [-0.15, -0.1) is 0 Å². The van der Waals surface area contributed by atoms with Crippen molar-refractivity contribution < 1.29 is 37.0 Å². The molecule has 0 radical (unpaired) electrons. The Morgan fingerprint density at radius 3 is 2.12 bits per heavy atom. The van der Waals surface area contributed by atoms with Gasteiger partial charge in [0.2, 0.25) is 10.0 Å². The molecule has 0 fully saturated rings. The number of methoxy groups -OCH3 is 3. The quantitative estimate of drug-likeness (QED) is 0.464. The highest BCUT2D eigenvalue weighted by molar-refractivity contribution is 7.89. The van der Waals surface area contributed by atoms with Crippen molar-refractivity contribution in [1.29, 1.82) is 0 Å². The van der Waals surface area contributed by atoms with Crippen molar-refractivity contribution in [1.82, 2.24) is 10.0 Å². The Labute approximate surface area is 193 Å². The number of carbonyl (C=O) groups is 2. The van der Waals surface area contributed by atoms with Crippen LogP contribution in [0.1, 0.15) is 19.4 Å². The Hall–Kier alpha value is -3.31. The van der Waals surface area contributed by atoms with E-state index in [1.165, 1.54) is 59.4 Å². The summed E-state index contributed by atoms with van der Waals surface area (Å²) in [7, 11) is 0.517. The molecule has 0 heterocycles. The molecule has 2 aromatic rings. The van der Waals surface area contributed by atoms with Gasteiger partial charge in [0.05, 0.1) is 26.2 Å². The third-order valence-corrected chi connectivity index (χ3v) is 6.19. The standard InChI is InChI=1S/C22H28N2O8S/c1-14(24-33(27,28)18-9-7-17(29-3)8-10-18)22(26)32-15(2)21(25)23-13-16-6-11-19(30-4)20(12-16)31-5/h6-12,14-15,24H,13H2,1-5H3,(H,23,25)/t14-,15?/m0/s1. The zero-order valence-corrected chi connectivity index (χ0v) is 19.9. The van der Waals surface area contributed by atoms with E-state index < -0.39 is 34.0 Å². The highest BCUT2D eigenvalue weighted by Crippen LogP contribution is 2.27. The van der Waals surface area contributed by atoms with E-state index in [0.29, 0.717) is 17.2 Å². The molecule has 180 valence electrons. The molecule has 1 unspecified atom stereocenters. The van der Waals surface area contributed by atoms with Crippen LogP contribution < -0.4 is 24.2 Å². The molecule has 33 heavy (non-hydrogen) atoms. The first-order valence-corrected chi connectivity index (χ1v) is 11.4. The van der Waals surface area contributed by atoms with Crippen LogP contribution in [0.4, 0.5) is 0 Å². The van der Waals surface area contributed by atoms with Gasteiger partial charge in [-0.25, -0.2) is 8.42 Å². The minimum Gasteiger partial charge on any atom is -0.497 e. The topological polar surface area (TPSA) is 129 Å². The van der Waals surface area contributed by atoms with Gasteiger partial charge in [-0.1, -0.05) is 6.07 Å². The lowest BCUT2D eigenvalue weighted by Crippen LogP contribution is -2.43. The van der Waals surface area contributed by atoms with Crippen molar-refractivity contribution in [2.45, 2.75) is 37.4 Å². The van der Waals surface area contributed by atoms with Gasteiger partial charge in [-0.3, -0.25) is 9.59 Å². The Morgan fingerprint density at radius 2 is 1.55 bits per heavy atom. The number of ether oxygens (including phenoxy) is 4. The maximum Gasteiger partial charge on any atom is 0.324 e. The highest BCUT2D eigenvalue weighted by atomic mass is 32.2. The molecule has 0 spiro atoms. The summed E-state index contributed by atoms with van der Waals surface area (Å²) in [6, 6.07) is 9.65. The summed E-state index contributed by atoms with van der Waals surface area (Å²) >= 11 is 0. The average Bonchev–Trinajstić information content (AvgIpc) is 2.81. The maximum atomic E-state index is 12.5. The lowest BCUT2D eigenvalue weighted by Gasteiger charge is -2.18. The van der Waals surface area contributed by atoms with Crippen LogP contribution in [0.25, 0.3) is 0 Å². The van der Waals surface area contributed by atoms with Crippen LogP contribution in [0.15, 0.2) is 47.4 Å². The molecule has 0 aromatic heterocycles. The SMILES string of the molecule is COc1ccc(S(=O)(=O)N[C@@H](C)C(=O)OC(C)C(=O)NCc2ccc(OC)c(OC)c2)cc1. The molecule has 0 aliphatic carbocycles. The van der Waals surface area contributed by atoms with Gasteiger partial charge in [0.15, 0.2) is 17.6 Å². The molecule has 10 nitrogen and oxygen atoms in total. The smallest absolute Gasteiger partial charge is 0.324 e. The lowest BCUT2D eigenvalue weighted by molar-refractivity contribution is -0.156. The Bertz CT molecular complexity index is 1070. The molecule has 0 aliphatic rings. The monoisotopic (exact) mass is 480 g/mol. The molecule has 0 bridgehead atoms. The number of esters is 1. The van der Waals surface area contributed by atoms with Crippen LogP contribution >= 0.6 is 0 Å². The first-order valence-electron chi connectivity index (χ1n) is 9.96. The van der Waals surface area contributed by atoms with E-state index in [0.717, 1.165) is 5.56 Å². The number of benzene rings is 2. The zero-order valence-electron chi connectivity index (χ0n) is 19.1. The van der Waals surface area contributed by atoms with Crippen LogP contribution in [-0.4, -0.2) is 53.8 Å². The fourth-order valence-corrected chi connectivity index (χ4v) is 3.95. The van der Waals surface area contributed by atoms with Crippen LogP contribution in [0, 0.1) is 0 Å². The summed E-state index contributed by atoms with van der Waals surface area (Å²) in [4.78, 5) is 24.6. The summed E-state index contributed by atoms with van der Waals surface area (Å²) in [5, 5.41) is 2.65. The molecule has 0 saturated carbocycles. The number of sulfonamides is 1. The third-order valence-electron chi connectivity index (χ3n) is 4.63. The Kier molecular flexibility index (Phi) is 9.06. The normalized spacial score (nSPS) is 12.9. The summed E-state index contributed by atoms with van der Waals surface area (Å²) < 4.78 is 47.7. The first kappa shape index (κ1) is 25.9. The molecule has 1 amide bonds. The lowest BCUT2D eigenvalue weighted by atomic mass is 10.2. The minimum absolute atomic E-state index is 0.0383. The molecule has 2 rings (SSSR count). The van der Waals surface area contributed by atoms with Crippen LogP contribution in [0.5, 0.6) is 17.2 Å². The van der Waals surface area contributed by atoms with Gasteiger partial charge in [-0.05, 0) is 55.8 Å². The second-order valence-electron chi connectivity index (χ2n) is 7.00. The van der Waals surface area contributed by atoms with Crippen molar-refractivity contribution >= 4 is 21.9 Å². The number of hydrogen-bond acceptors (Lipinski definition) is 8.